The molecule has 0 atom stereocenters. The summed E-state index contributed by atoms with van der Waals surface area (Å²) in [4.78, 5) is 26.7. The first-order chi connectivity index (χ1) is 16.1. The molecule has 0 spiro atoms. The van der Waals surface area contributed by atoms with E-state index < -0.39 is 0 Å². The maximum atomic E-state index is 12.4. The predicted octanol–water partition coefficient (Wildman–Crippen LogP) is 6.86. The van der Waals surface area contributed by atoms with E-state index in [0.29, 0.717) is 11.4 Å². The molecule has 0 radical (unpaired) electrons. The number of aromatic amines is 2. The lowest BCUT2D eigenvalue weighted by molar-refractivity contribution is -0.110. The van der Waals surface area contributed by atoms with E-state index in [9.17, 15) is 9.90 Å². The number of isothiocyanates is 2. The summed E-state index contributed by atoms with van der Waals surface area (Å²) in [5.41, 5.74) is 4.64. The van der Waals surface area contributed by atoms with Crippen molar-refractivity contribution in [3.05, 3.63) is 83.9 Å². The van der Waals surface area contributed by atoms with E-state index in [1.807, 2.05) is 36.4 Å². The molecule has 4 aromatic rings. The molecule has 4 rings (SSSR count). The third-order valence-electron chi connectivity index (χ3n) is 4.92. The van der Waals surface area contributed by atoms with E-state index in [1.54, 1.807) is 24.5 Å². The number of allylic oxidation sites excluding steroid dienone is 3. The number of carbonyl (C=O) groups is 1. The van der Waals surface area contributed by atoms with Gasteiger partial charge in [0.1, 0.15) is 5.76 Å². The van der Waals surface area contributed by atoms with Gasteiger partial charge < -0.3 is 15.1 Å². The highest BCUT2D eigenvalue weighted by atomic mass is 32.1. The van der Waals surface area contributed by atoms with Gasteiger partial charge in [0.05, 0.1) is 21.7 Å². The Bertz CT molecular complexity index is 1560. The van der Waals surface area contributed by atoms with Gasteiger partial charge in [-0.1, -0.05) is 36.4 Å². The number of aliphatic imine (C=N–C) groups is 2. The fourth-order valence-electron chi connectivity index (χ4n) is 3.53. The average Bonchev–Trinajstić information content (AvgIpc) is 3.42. The summed E-state index contributed by atoms with van der Waals surface area (Å²) in [6.45, 7) is 0. The van der Waals surface area contributed by atoms with Crippen LogP contribution in [0.5, 0.6) is 0 Å². The van der Waals surface area contributed by atoms with Gasteiger partial charge in [0.25, 0.3) is 0 Å². The number of rotatable bonds is 7. The number of nitrogens with one attached hydrogen (secondary N) is 2. The Kier molecular flexibility index (Phi) is 6.64. The molecule has 0 saturated carbocycles. The van der Waals surface area contributed by atoms with Crippen molar-refractivity contribution in [1.29, 1.82) is 0 Å². The molecule has 6 nitrogen and oxygen atoms in total. The van der Waals surface area contributed by atoms with Gasteiger partial charge in [0, 0.05) is 40.3 Å². The van der Waals surface area contributed by atoms with Crippen LogP contribution in [0.15, 0.2) is 82.8 Å². The zero-order valence-corrected chi connectivity index (χ0v) is 18.7. The van der Waals surface area contributed by atoms with Crippen LogP contribution in [0.1, 0.15) is 11.1 Å². The summed E-state index contributed by atoms with van der Waals surface area (Å²) in [5.74, 6) is -0.543. The smallest absolute Gasteiger partial charge is 0.182 e. The van der Waals surface area contributed by atoms with Gasteiger partial charge in [-0.05, 0) is 59.8 Å². The largest absolute Gasteiger partial charge is 0.508 e. The van der Waals surface area contributed by atoms with Crippen LogP contribution in [0, 0.1) is 0 Å². The van der Waals surface area contributed by atoms with Crippen LogP contribution in [-0.4, -0.2) is 31.2 Å². The number of aliphatic hydroxyl groups is 1. The summed E-state index contributed by atoms with van der Waals surface area (Å²) in [6, 6.07) is 11.3. The van der Waals surface area contributed by atoms with Crippen molar-refractivity contribution in [2.75, 3.05) is 0 Å². The second-order valence-electron chi connectivity index (χ2n) is 6.93. The lowest BCUT2D eigenvalue weighted by Gasteiger charge is -1.99. The van der Waals surface area contributed by atoms with E-state index in [1.165, 1.54) is 12.2 Å². The molecule has 0 unspecified atom stereocenters. The fraction of sp³-hybridized carbons (Fsp3) is 0. The topological polar surface area (TPSA) is 93.6 Å². The zero-order chi connectivity index (χ0) is 23.2. The van der Waals surface area contributed by atoms with Crippen LogP contribution in [0.4, 0.5) is 11.4 Å². The third kappa shape index (κ3) is 4.85. The first-order valence-corrected chi connectivity index (χ1v) is 10.6. The molecular weight excluding hydrogens is 452 g/mol. The maximum Gasteiger partial charge on any atom is 0.182 e. The summed E-state index contributed by atoms with van der Waals surface area (Å²) < 4.78 is 0. The van der Waals surface area contributed by atoms with Crippen molar-refractivity contribution >= 4 is 85.9 Å². The number of ketones is 1. The van der Waals surface area contributed by atoms with Crippen LogP contribution in [0.3, 0.4) is 0 Å². The second kappa shape index (κ2) is 9.96. The molecule has 2 aromatic carbocycles. The van der Waals surface area contributed by atoms with E-state index >= 15 is 0 Å². The number of fused-ring (bicyclic) bond motifs is 2. The van der Waals surface area contributed by atoms with Crippen LogP contribution < -0.4 is 0 Å². The standard InChI is InChI=1S/C25H16N4O2S2/c30-18(9-7-16-3-1-5-20-24(16)22(12-26-20)28-14-32)11-19(31)10-8-17-4-2-6-21-25(17)23(13-27-21)29-15-33/h1-13,26-27,30H/b9-7+,10-8+,18-11-. The molecule has 0 aliphatic carbocycles. The van der Waals surface area contributed by atoms with Crippen LogP contribution >= 0.6 is 24.4 Å². The Labute approximate surface area is 199 Å². The summed E-state index contributed by atoms with van der Waals surface area (Å²) in [7, 11) is 0. The molecule has 2 heterocycles. The fourth-order valence-corrected chi connectivity index (χ4v) is 3.73. The summed E-state index contributed by atoms with van der Waals surface area (Å²) in [6.07, 6.45) is 10.8. The number of hydrogen-bond acceptors (Lipinski definition) is 6. The van der Waals surface area contributed by atoms with Crippen molar-refractivity contribution in [3.63, 3.8) is 0 Å². The SMILES string of the molecule is O=C(/C=C(O)/C=C/c1cccc2[nH]cc(N=C=S)c12)/C=C/c1cccc2[nH]cc(N=C=S)c12. The monoisotopic (exact) mass is 468 g/mol. The minimum atomic E-state index is -0.365. The van der Waals surface area contributed by atoms with E-state index in [0.717, 1.165) is 39.0 Å². The molecule has 0 aliphatic rings. The Hall–Kier alpha value is -4.19. The van der Waals surface area contributed by atoms with Gasteiger partial charge in [-0.25, -0.2) is 0 Å². The number of aliphatic hydroxyl groups excluding tert-OH is 1. The maximum absolute atomic E-state index is 12.4. The first kappa shape index (κ1) is 22.0. The molecule has 0 aliphatic heterocycles. The van der Waals surface area contributed by atoms with Crippen molar-refractivity contribution in [3.8, 4) is 0 Å². The molecule has 0 bridgehead atoms. The lowest BCUT2D eigenvalue weighted by atomic mass is 10.1. The molecule has 3 N–H and O–H groups in total. The number of hydrogen-bond donors (Lipinski definition) is 3. The number of aromatic nitrogens is 2. The Balaban J connectivity index is 1.57. The van der Waals surface area contributed by atoms with Crippen LogP contribution in [0.25, 0.3) is 34.0 Å². The number of H-pyrrole nitrogens is 2. The lowest BCUT2D eigenvalue weighted by Crippen LogP contribution is -1.89. The van der Waals surface area contributed by atoms with E-state index in [2.05, 4.69) is 30.3 Å². The average molecular weight is 469 g/mol. The van der Waals surface area contributed by atoms with Gasteiger partial charge in [-0.3, -0.25) is 4.79 Å². The molecule has 8 heteroatoms. The normalized spacial score (nSPS) is 11.8. The second-order valence-corrected chi connectivity index (χ2v) is 7.30. The van der Waals surface area contributed by atoms with E-state index in [-0.39, 0.29) is 11.5 Å². The number of benzene rings is 2. The molecule has 0 fully saturated rings. The Morgan fingerprint density at radius 3 is 1.88 bits per heavy atom. The summed E-state index contributed by atoms with van der Waals surface area (Å²) >= 11 is 9.41. The molecule has 0 saturated heterocycles. The Morgan fingerprint density at radius 1 is 0.848 bits per heavy atom. The van der Waals surface area contributed by atoms with Crippen LogP contribution in [0.2, 0.25) is 0 Å². The molecular formula is C25H16N4O2S2. The van der Waals surface area contributed by atoms with Crippen LogP contribution in [-0.2, 0) is 4.79 Å². The number of carbonyl (C=O) groups excluding carboxylic acids is 1. The number of nitrogens with zero attached hydrogens (tertiary/aromatic N) is 2. The highest BCUT2D eigenvalue weighted by Gasteiger charge is 2.07. The zero-order valence-electron chi connectivity index (χ0n) is 17.1. The third-order valence-corrected chi connectivity index (χ3v) is 5.10. The molecule has 33 heavy (non-hydrogen) atoms. The highest BCUT2D eigenvalue weighted by molar-refractivity contribution is 7.78. The minimum absolute atomic E-state index is 0.178. The highest BCUT2D eigenvalue weighted by Crippen LogP contribution is 2.31. The van der Waals surface area contributed by atoms with Gasteiger partial charge >= 0.3 is 0 Å². The first-order valence-electron chi connectivity index (χ1n) is 9.77. The quantitative estimate of drug-likeness (QED) is 0.0908. The predicted molar refractivity (Wildman–Crippen MR) is 140 cm³/mol. The van der Waals surface area contributed by atoms with Gasteiger partial charge in [0.15, 0.2) is 5.78 Å². The van der Waals surface area contributed by atoms with Gasteiger partial charge in [-0.15, -0.1) is 0 Å². The Morgan fingerprint density at radius 2 is 1.36 bits per heavy atom. The molecule has 2 aromatic heterocycles. The van der Waals surface area contributed by atoms with Gasteiger partial charge in [0.2, 0.25) is 0 Å². The molecule has 0 amide bonds. The minimum Gasteiger partial charge on any atom is -0.508 e. The van der Waals surface area contributed by atoms with E-state index in [4.69, 9.17) is 24.4 Å². The molecule has 160 valence electrons. The van der Waals surface area contributed by atoms with Gasteiger partial charge in [-0.2, -0.15) is 9.98 Å². The number of thiocarbonyl (C=S) groups is 2. The van der Waals surface area contributed by atoms with Crippen molar-refractivity contribution in [2.24, 2.45) is 9.98 Å². The van der Waals surface area contributed by atoms with Crippen molar-refractivity contribution < 1.29 is 9.90 Å². The van der Waals surface area contributed by atoms with Crippen molar-refractivity contribution in [2.45, 2.75) is 0 Å². The van der Waals surface area contributed by atoms with Crippen molar-refractivity contribution in [1.82, 2.24) is 9.97 Å². The summed E-state index contributed by atoms with van der Waals surface area (Å²) in [5, 5.41) is 16.6.